The molecule has 0 aromatic heterocycles. The van der Waals surface area contributed by atoms with Gasteiger partial charge in [-0.25, -0.2) is 0 Å². The lowest BCUT2D eigenvalue weighted by molar-refractivity contribution is -0.141. The quantitative estimate of drug-likeness (QED) is 0.875. The van der Waals surface area contributed by atoms with Crippen molar-refractivity contribution < 1.29 is 9.90 Å². The van der Waals surface area contributed by atoms with Crippen LogP contribution >= 0.6 is 15.9 Å². The van der Waals surface area contributed by atoms with E-state index in [9.17, 15) is 9.90 Å². The van der Waals surface area contributed by atoms with Crippen molar-refractivity contribution >= 4 is 27.6 Å². The van der Waals surface area contributed by atoms with E-state index in [0.717, 1.165) is 16.7 Å². The van der Waals surface area contributed by atoms with Gasteiger partial charge < -0.3 is 15.3 Å². The van der Waals surface area contributed by atoms with Crippen molar-refractivity contribution in [3.05, 3.63) is 28.7 Å². The number of aliphatic carboxylic acids is 1. The number of nitrogens with zero attached hydrogens (tertiary/aromatic N) is 1. The number of rotatable bonds is 2. The maximum absolute atomic E-state index is 11.3. The zero-order valence-electron chi connectivity index (χ0n) is 11.2. The molecule has 1 unspecified atom stereocenters. The van der Waals surface area contributed by atoms with Crippen LogP contribution in [0.5, 0.6) is 0 Å². The average molecular weight is 327 g/mol. The topological polar surface area (TPSA) is 52.6 Å². The zero-order chi connectivity index (χ0) is 14.0. The van der Waals surface area contributed by atoms with E-state index in [-0.39, 0.29) is 11.5 Å². The summed E-state index contributed by atoms with van der Waals surface area (Å²) < 4.78 is 1.02. The van der Waals surface area contributed by atoms with Gasteiger partial charge in [0, 0.05) is 35.3 Å². The molecule has 0 spiro atoms. The number of benzene rings is 1. The predicted octanol–water partition coefficient (Wildman–Crippen LogP) is 2.34. The third-order valence-corrected chi connectivity index (χ3v) is 4.10. The van der Waals surface area contributed by atoms with Crippen LogP contribution in [0.4, 0.5) is 5.69 Å². The Morgan fingerprint density at radius 3 is 2.63 bits per heavy atom. The number of carboxylic acids is 1. The van der Waals surface area contributed by atoms with Crippen molar-refractivity contribution in [1.29, 1.82) is 0 Å². The molecule has 104 valence electrons. The van der Waals surface area contributed by atoms with Gasteiger partial charge in [-0.2, -0.15) is 0 Å². The van der Waals surface area contributed by atoms with E-state index in [1.807, 2.05) is 24.3 Å². The van der Waals surface area contributed by atoms with Gasteiger partial charge in [0.1, 0.15) is 0 Å². The van der Waals surface area contributed by atoms with Crippen LogP contribution in [0.3, 0.4) is 0 Å². The summed E-state index contributed by atoms with van der Waals surface area (Å²) >= 11 is 3.42. The first kappa shape index (κ1) is 14.3. The fraction of sp³-hybridized carbons (Fsp3) is 0.500. The molecule has 5 heteroatoms. The summed E-state index contributed by atoms with van der Waals surface area (Å²) in [6.07, 6.45) is 0. The summed E-state index contributed by atoms with van der Waals surface area (Å²) in [6.45, 7) is 6.08. The first-order valence-corrected chi connectivity index (χ1v) is 7.16. The zero-order valence-corrected chi connectivity index (χ0v) is 12.8. The lowest BCUT2D eigenvalue weighted by atomic mass is 10.0. The van der Waals surface area contributed by atoms with Gasteiger partial charge >= 0.3 is 5.97 Å². The van der Waals surface area contributed by atoms with Crippen LogP contribution < -0.4 is 10.2 Å². The van der Waals surface area contributed by atoms with Crippen molar-refractivity contribution in [2.24, 2.45) is 5.92 Å². The third-order valence-electron chi connectivity index (χ3n) is 3.57. The predicted molar refractivity (Wildman–Crippen MR) is 79.6 cm³/mol. The number of nitrogens with one attached hydrogen (secondary N) is 1. The molecule has 1 aromatic carbocycles. The summed E-state index contributed by atoms with van der Waals surface area (Å²) in [5.41, 5.74) is 0.945. The van der Waals surface area contributed by atoms with Gasteiger partial charge in [0.05, 0.1) is 5.92 Å². The Bertz CT molecular complexity index is 459. The minimum atomic E-state index is -0.743. The molecule has 2 rings (SSSR count). The number of carbonyl (C=O) groups is 1. The van der Waals surface area contributed by atoms with E-state index >= 15 is 0 Å². The molecule has 1 aromatic rings. The van der Waals surface area contributed by atoms with E-state index in [4.69, 9.17) is 0 Å². The molecule has 1 saturated heterocycles. The standard InChI is InChI=1S/C14H19BrN2O2/c1-14(2)9-16-7-10(13(18)19)8-17(14)12-5-3-11(15)4-6-12/h3-6,10,16H,7-9H2,1-2H3,(H,18,19). The molecule has 1 heterocycles. The number of hydrogen-bond acceptors (Lipinski definition) is 3. The molecule has 0 aliphatic carbocycles. The second-order valence-corrected chi connectivity index (χ2v) is 6.48. The molecule has 2 N–H and O–H groups in total. The highest BCUT2D eigenvalue weighted by molar-refractivity contribution is 9.10. The van der Waals surface area contributed by atoms with Crippen LogP contribution in [0, 0.1) is 5.92 Å². The van der Waals surface area contributed by atoms with Gasteiger partial charge in [0.2, 0.25) is 0 Å². The summed E-state index contributed by atoms with van der Waals surface area (Å²) in [7, 11) is 0. The van der Waals surface area contributed by atoms with Crippen molar-refractivity contribution in [3.8, 4) is 0 Å². The Labute approximate surface area is 121 Å². The van der Waals surface area contributed by atoms with Gasteiger partial charge in [-0.1, -0.05) is 15.9 Å². The van der Waals surface area contributed by atoms with Gasteiger partial charge in [0.25, 0.3) is 0 Å². The Balaban J connectivity index is 2.31. The first-order valence-electron chi connectivity index (χ1n) is 6.37. The van der Waals surface area contributed by atoms with E-state index in [1.54, 1.807) is 0 Å². The minimum Gasteiger partial charge on any atom is -0.481 e. The van der Waals surface area contributed by atoms with Crippen molar-refractivity contribution in [2.45, 2.75) is 19.4 Å². The first-order chi connectivity index (χ1) is 8.90. The molecule has 0 bridgehead atoms. The molecule has 1 aliphatic heterocycles. The Morgan fingerprint density at radius 2 is 2.05 bits per heavy atom. The fourth-order valence-electron chi connectivity index (χ4n) is 2.42. The minimum absolute atomic E-state index is 0.113. The van der Waals surface area contributed by atoms with Crippen LogP contribution in [0.25, 0.3) is 0 Å². The van der Waals surface area contributed by atoms with Crippen molar-refractivity contribution in [3.63, 3.8) is 0 Å². The number of halogens is 1. The summed E-state index contributed by atoms with van der Waals surface area (Å²) in [5, 5.41) is 12.5. The summed E-state index contributed by atoms with van der Waals surface area (Å²) in [6, 6.07) is 8.02. The fourth-order valence-corrected chi connectivity index (χ4v) is 2.69. The SMILES string of the molecule is CC1(C)CNCC(C(=O)O)CN1c1ccc(Br)cc1. The van der Waals surface area contributed by atoms with Crippen molar-refractivity contribution in [1.82, 2.24) is 5.32 Å². The van der Waals surface area contributed by atoms with Crippen LogP contribution in [0.15, 0.2) is 28.7 Å². The lowest BCUT2D eigenvalue weighted by Gasteiger charge is -2.39. The normalized spacial score (nSPS) is 22.9. The molecule has 4 nitrogen and oxygen atoms in total. The molecule has 1 fully saturated rings. The lowest BCUT2D eigenvalue weighted by Crippen LogP contribution is -2.49. The molecule has 0 saturated carbocycles. The van der Waals surface area contributed by atoms with Crippen LogP contribution in [0.1, 0.15) is 13.8 Å². The molecular formula is C14H19BrN2O2. The van der Waals surface area contributed by atoms with E-state index < -0.39 is 5.97 Å². The largest absolute Gasteiger partial charge is 0.481 e. The number of carboxylic acid groups (broad SMARTS) is 1. The summed E-state index contributed by atoms with van der Waals surface area (Å²) in [5.74, 6) is -1.13. The molecule has 19 heavy (non-hydrogen) atoms. The van der Waals surface area contributed by atoms with E-state index in [1.165, 1.54) is 0 Å². The number of hydrogen-bond donors (Lipinski definition) is 2. The smallest absolute Gasteiger partial charge is 0.309 e. The Morgan fingerprint density at radius 1 is 1.42 bits per heavy atom. The van der Waals surface area contributed by atoms with Gasteiger partial charge in [-0.15, -0.1) is 0 Å². The van der Waals surface area contributed by atoms with Gasteiger partial charge in [0.15, 0.2) is 0 Å². The van der Waals surface area contributed by atoms with Crippen LogP contribution in [-0.4, -0.2) is 36.2 Å². The van der Waals surface area contributed by atoms with Gasteiger partial charge in [-0.3, -0.25) is 4.79 Å². The maximum atomic E-state index is 11.3. The van der Waals surface area contributed by atoms with Gasteiger partial charge in [-0.05, 0) is 38.1 Å². The molecular weight excluding hydrogens is 308 g/mol. The van der Waals surface area contributed by atoms with Crippen molar-refractivity contribution in [2.75, 3.05) is 24.5 Å². The Hall–Kier alpha value is -1.07. The number of anilines is 1. The highest BCUT2D eigenvalue weighted by Gasteiger charge is 2.34. The highest BCUT2D eigenvalue weighted by Crippen LogP contribution is 2.28. The molecule has 0 radical (unpaired) electrons. The average Bonchev–Trinajstić information content (AvgIpc) is 2.49. The second kappa shape index (κ2) is 5.51. The molecule has 0 amide bonds. The molecule has 1 aliphatic rings. The molecule has 1 atom stereocenters. The monoisotopic (exact) mass is 326 g/mol. The van der Waals surface area contributed by atoms with E-state index in [0.29, 0.717) is 13.1 Å². The summed E-state index contributed by atoms with van der Waals surface area (Å²) in [4.78, 5) is 13.5. The van der Waals surface area contributed by atoms with E-state index in [2.05, 4.69) is 40.0 Å². The Kier molecular flexibility index (Phi) is 4.16. The van der Waals surface area contributed by atoms with Crippen LogP contribution in [-0.2, 0) is 4.79 Å². The van der Waals surface area contributed by atoms with Crippen LogP contribution in [0.2, 0.25) is 0 Å². The third kappa shape index (κ3) is 3.28. The highest BCUT2D eigenvalue weighted by atomic mass is 79.9. The second-order valence-electron chi connectivity index (χ2n) is 5.57. The maximum Gasteiger partial charge on any atom is 0.309 e.